The Balaban J connectivity index is 2.04. The summed E-state index contributed by atoms with van der Waals surface area (Å²) in [5.41, 5.74) is 11.2. The number of primary amides is 1. The first kappa shape index (κ1) is 16.5. The van der Waals surface area contributed by atoms with Gasteiger partial charge < -0.3 is 35.9 Å². The topological polar surface area (TPSA) is 137 Å². The summed E-state index contributed by atoms with van der Waals surface area (Å²) >= 11 is 0. The van der Waals surface area contributed by atoms with Gasteiger partial charge in [0.25, 0.3) is 0 Å². The number of benzene rings is 1. The van der Waals surface area contributed by atoms with Gasteiger partial charge in [-0.2, -0.15) is 0 Å². The van der Waals surface area contributed by atoms with E-state index in [1.807, 2.05) is 0 Å². The van der Waals surface area contributed by atoms with E-state index in [4.69, 9.17) is 25.7 Å². The van der Waals surface area contributed by atoms with Gasteiger partial charge in [0.2, 0.25) is 12.2 Å². The van der Waals surface area contributed by atoms with E-state index in [0.717, 1.165) is 0 Å². The molecule has 0 radical (unpaired) electrons. The standard InChI is InChI=1S/C14H20N2O6/c15-8-1-3-9(4-2-8)21-14-13(19)11(20-7-12(16)18)5-10(6-17)22-14/h1-4,10-11,13-14,17,19H,5-7,15H2,(H2,16,18)/t10-,11-,13-,14-/m0/s1. The van der Waals surface area contributed by atoms with E-state index < -0.39 is 30.5 Å². The van der Waals surface area contributed by atoms with E-state index in [1.54, 1.807) is 24.3 Å². The summed E-state index contributed by atoms with van der Waals surface area (Å²) in [5.74, 6) is -0.194. The third-order valence-electron chi connectivity index (χ3n) is 3.26. The first-order valence-electron chi connectivity index (χ1n) is 6.86. The van der Waals surface area contributed by atoms with Gasteiger partial charge in [0.15, 0.2) is 0 Å². The smallest absolute Gasteiger partial charge is 0.243 e. The third-order valence-corrected chi connectivity index (χ3v) is 3.26. The van der Waals surface area contributed by atoms with E-state index in [-0.39, 0.29) is 19.6 Å². The monoisotopic (exact) mass is 312 g/mol. The number of rotatable bonds is 6. The number of carbonyl (C=O) groups is 1. The van der Waals surface area contributed by atoms with Crippen molar-refractivity contribution in [2.24, 2.45) is 5.73 Å². The highest BCUT2D eigenvalue weighted by molar-refractivity contribution is 5.75. The maximum absolute atomic E-state index is 10.8. The molecule has 0 aliphatic carbocycles. The fraction of sp³-hybridized carbons (Fsp3) is 0.500. The van der Waals surface area contributed by atoms with Crippen molar-refractivity contribution in [2.45, 2.75) is 31.0 Å². The van der Waals surface area contributed by atoms with Gasteiger partial charge in [-0.1, -0.05) is 0 Å². The van der Waals surface area contributed by atoms with Crippen LogP contribution in [-0.4, -0.2) is 53.9 Å². The largest absolute Gasteiger partial charge is 0.462 e. The lowest BCUT2D eigenvalue weighted by atomic mass is 10.0. The molecular weight excluding hydrogens is 292 g/mol. The van der Waals surface area contributed by atoms with Crippen LogP contribution in [0.2, 0.25) is 0 Å². The van der Waals surface area contributed by atoms with E-state index in [0.29, 0.717) is 11.4 Å². The van der Waals surface area contributed by atoms with Crippen molar-refractivity contribution in [3.05, 3.63) is 24.3 Å². The highest BCUT2D eigenvalue weighted by Gasteiger charge is 2.39. The number of nitrogens with two attached hydrogens (primary N) is 2. The van der Waals surface area contributed by atoms with Gasteiger partial charge >= 0.3 is 0 Å². The summed E-state index contributed by atoms with van der Waals surface area (Å²) in [6.45, 7) is -0.584. The molecule has 1 aliphatic rings. The average molecular weight is 312 g/mol. The molecule has 0 spiro atoms. The van der Waals surface area contributed by atoms with E-state index in [9.17, 15) is 15.0 Å². The molecule has 2 rings (SSSR count). The minimum absolute atomic E-state index is 0.229. The zero-order valence-electron chi connectivity index (χ0n) is 11.9. The predicted octanol–water partition coefficient (Wildman–Crippen LogP) is -1.01. The van der Waals surface area contributed by atoms with E-state index >= 15 is 0 Å². The van der Waals surface area contributed by atoms with Crippen molar-refractivity contribution in [2.75, 3.05) is 18.9 Å². The Morgan fingerprint density at radius 2 is 2.05 bits per heavy atom. The number of ether oxygens (including phenoxy) is 3. The number of amides is 1. The van der Waals surface area contributed by atoms with Crippen LogP contribution < -0.4 is 16.2 Å². The fourth-order valence-electron chi connectivity index (χ4n) is 2.15. The minimum Gasteiger partial charge on any atom is -0.462 e. The average Bonchev–Trinajstić information content (AvgIpc) is 2.50. The van der Waals surface area contributed by atoms with Gasteiger partial charge in [-0.15, -0.1) is 0 Å². The van der Waals surface area contributed by atoms with Crippen LogP contribution in [0.4, 0.5) is 5.69 Å². The lowest BCUT2D eigenvalue weighted by molar-refractivity contribution is -0.248. The molecule has 1 heterocycles. The molecule has 1 aromatic carbocycles. The van der Waals surface area contributed by atoms with Crippen LogP contribution in [0.5, 0.6) is 5.75 Å². The van der Waals surface area contributed by atoms with Crippen LogP contribution in [0.3, 0.4) is 0 Å². The van der Waals surface area contributed by atoms with E-state index in [2.05, 4.69) is 0 Å². The molecule has 1 saturated heterocycles. The quantitative estimate of drug-likeness (QED) is 0.494. The number of hydrogen-bond donors (Lipinski definition) is 4. The van der Waals surface area contributed by atoms with Crippen molar-refractivity contribution in [1.29, 1.82) is 0 Å². The van der Waals surface area contributed by atoms with Gasteiger partial charge in [0, 0.05) is 12.1 Å². The summed E-state index contributed by atoms with van der Waals surface area (Å²) in [5, 5.41) is 19.5. The molecular formula is C14H20N2O6. The van der Waals surface area contributed by atoms with Crippen LogP contribution in [0, 0.1) is 0 Å². The number of anilines is 1. The SMILES string of the molecule is NC(=O)CO[C@H]1C[C@@H](CO)O[C@H](Oc2ccc(N)cc2)[C@H]1O. The van der Waals surface area contributed by atoms with Crippen molar-refractivity contribution < 1.29 is 29.2 Å². The van der Waals surface area contributed by atoms with E-state index in [1.165, 1.54) is 0 Å². The van der Waals surface area contributed by atoms with Crippen LogP contribution in [0.1, 0.15) is 6.42 Å². The van der Waals surface area contributed by atoms with Gasteiger partial charge in [-0.3, -0.25) is 4.79 Å². The number of aliphatic hydroxyl groups is 2. The normalized spacial score (nSPS) is 28.3. The highest BCUT2D eigenvalue weighted by Crippen LogP contribution is 2.25. The second kappa shape index (κ2) is 7.41. The molecule has 0 saturated carbocycles. The molecule has 1 aliphatic heterocycles. The molecule has 4 atom stereocenters. The Bertz CT molecular complexity index is 495. The zero-order valence-corrected chi connectivity index (χ0v) is 11.9. The molecule has 1 aromatic rings. The molecule has 0 bridgehead atoms. The van der Waals surface area contributed by atoms with Crippen LogP contribution in [0.15, 0.2) is 24.3 Å². The van der Waals surface area contributed by atoms with Crippen molar-refractivity contribution in [3.8, 4) is 5.75 Å². The lowest BCUT2D eigenvalue weighted by Gasteiger charge is -2.38. The summed E-state index contributed by atoms with van der Waals surface area (Å²) < 4.78 is 16.3. The predicted molar refractivity (Wildman–Crippen MR) is 76.8 cm³/mol. The number of carbonyl (C=O) groups excluding carboxylic acids is 1. The van der Waals surface area contributed by atoms with Crippen molar-refractivity contribution >= 4 is 11.6 Å². The zero-order chi connectivity index (χ0) is 16.1. The van der Waals surface area contributed by atoms with Crippen molar-refractivity contribution in [1.82, 2.24) is 0 Å². The molecule has 1 fully saturated rings. The minimum atomic E-state index is -1.13. The lowest BCUT2D eigenvalue weighted by Crippen LogP contribution is -2.53. The van der Waals surface area contributed by atoms with Crippen LogP contribution in [-0.2, 0) is 14.3 Å². The second-order valence-corrected chi connectivity index (χ2v) is 5.04. The summed E-state index contributed by atoms with van der Waals surface area (Å²) in [6, 6.07) is 6.56. The molecule has 8 nitrogen and oxygen atoms in total. The molecule has 0 unspecified atom stereocenters. The Morgan fingerprint density at radius 3 is 2.64 bits per heavy atom. The van der Waals surface area contributed by atoms with Crippen LogP contribution in [0.25, 0.3) is 0 Å². The van der Waals surface area contributed by atoms with Crippen molar-refractivity contribution in [3.63, 3.8) is 0 Å². The highest BCUT2D eigenvalue weighted by atomic mass is 16.7. The van der Waals surface area contributed by atoms with Gasteiger partial charge in [0.1, 0.15) is 18.5 Å². The summed E-state index contributed by atoms with van der Waals surface area (Å²) in [6.07, 6.45) is -3.23. The second-order valence-electron chi connectivity index (χ2n) is 5.04. The summed E-state index contributed by atoms with van der Waals surface area (Å²) in [7, 11) is 0. The van der Waals surface area contributed by atoms with Gasteiger partial charge in [0.05, 0.1) is 18.8 Å². The fourth-order valence-corrected chi connectivity index (χ4v) is 2.15. The molecule has 8 heteroatoms. The van der Waals surface area contributed by atoms with Gasteiger partial charge in [-0.05, 0) is 24.3 Å². The number of aliphatic hydroxyl groups excluding tert-OH is 2. The Morgan fingerprint density at radius 1 is 1.36 bits per heavy atom. The van der Waals surface area contributed by atoms with Crippen LogP contribution >= 0.6 is 0 Å². The molecule has 6 N–H and O–H groups in total. The Kier molecular flexibility index (Phi) is 5.56. The molecule has 1 amide bonds. The molecule has 0 aromatic heterocycles. The Hall–Kier alpha value is -1.87. The first-order valence-corrected chi connectivity index (χ1v) is 6.86. The number of nitrogen functional groups attached to an aromatic ring is 1. The van der Waals surface area contributed by atoms with Gasteiger partial charge in [-0.25, -0.2) is 0 Å². The Labute approximate surface area is 127 Å². The third kappa shape index (κ3) is 4.31. The molecule has 22 heavy (non-hydrogen) atoms. The number of hydrogen-bond acceptors (Lipinski definition) is 7. The first-order chi connectivity index (χ1) is 10.5. The maximum Gasteiger partial charge on any atom is 0.243 e. The maximum atomic E-state index is 10.8. The molecule has 122 valence electrons. The summed E-state index contributed by atoms with van der Waals surface area (Å²) in [4.78, 5) is 10.8.